The smallest absolute Gasteiger partial charge is 0.305 e. The second-order valence-corrected chi connectivity index (χ2v) is 13.6. The Morgan fingerprint density at radius 3 is 2.23 bits per heavy atom. The summed E-state index contributed by atoms with van der Waals surface area (Å²) in [5, 5.41) is 17.4. The predicted octanol–water partition coefficient (Wildman–Crippen LogP) is 5.69. The van der Waals surface area contributed by atoms with Crippen LogP contribution in [0, 0.1) is 53.3 Å². The van der Waals surface area contributed by atoms with Gasteiger partial charge in [0.2, 0.25) is 5.91 Å². The highest BCUT2D eigenvalue weighted by atomic mass is 19.1. The van der Waals surface area contributed by atoms with E-state index in [0.29, 0.717) is 17.5 Å². The number of nitrogens with zero attached hydrogens (tertiary/aromatic N) is 3. The minimum absolute atomic E-state index is 0.00398. The SMILES string of the molecule is COC1CN(CCc2nn([C@@H](CC(C)C)C(=O)N[C@@H](CC(=O)O)c3cc(-c4c(C)cc(C)cc4C)cc(C)c3F)c(=O)c(C)c2C)C1. The van der Waals surface area contributed by atoms with Gasteiger partial charge in [0, 0.05) is 44.3 Å². The first-order valence-electron chi connectivity index (χ1n) is 16.4. The number of hydrogen-bond acceptors (Lipinski definition) is 6. The normalized spacial score (nSPS) is 15.0. The van der Waals surface area contributed by atoms with Gasteiger partial charge in [-0.25, -0.2) is 9.07 Å². The van der Waals surface area contributed by atoms with Crippen LogP contribution in [0.1, 0.15) is 83.4 Å². The van der Waals surface area contributed by atoms with Crippen LogP contribution in [0.2, 0.25) is 0 Å². The minimum Gasteiger partial charge on any atom is -0.481 e. The van der Waals surface area contributed by atoms with Crippen LogP contribution in [0.25, 0.3) is 11.1 Å². The lowest BCUT2D eigenvalue weighted by atomic mass is 9.89. The Morgan fingerprint density at radius 2 is 1.66 bits per heavy atom. The number of amides is 1. The van der Waals surface area contributed by atoms with E-state index in [1.807, 2.05) is 41.5 Å². The Hall–Kier alpha value is -3.89. The summed E-state index contributed by atoms with van der Waals surface area (Å²) in [7, 11) is 1.70. The van der Waals surface area contributed by atoms with Gasteiger partial charge in [-0.15, -0.1) is 0 Å². The van der Waals surface area contributed by atoms with Crippen molar-refractivity contribution in [2.45, 2.75) is 92.8 Å². The Morgan fingerprint density at radius 1 is 1.02 bits per heavy atom. The quantitative estimate of drug-likeness (QED) is 0.245. The van der Waals surface area contributed by atoms with Crippen LogP contribution in [0.15, 0.2) is 29.1 Å². The average molecular weight is 649 g/mol. The third-order valence-corrected chi connectivity index (χ3v) is 9.29. The number of aryl methyl sites for hydroxylation is 4. The fourth-order valence-corrected chi connectivity index (χ4v) is 6.64. The second kappa shape index (κ2) is 14.9. The van der Waals surface area contributed by atoms with Crippen molar-refractivity contribution in [1.29, 1.82) is 0 Å². The molecule has 0 aliphatic carbocycles. The summed E-state index contributed by atoms with van der Waals surface area (Å²) < 4.78 is 22.5. The highest BCUT2D eigenvalue weighted by Crippen LogP contribution is 2.34. The summed E-state index contributed by atoms with van der Waals surface area (Å²) in [6.07, 6.45) is 0.559. The number of halogens is 1. The zero-order valence-electron chi connectivity index (χ0n) is 29.2. The second-order valence-electron chi connectivity index (χ2n) is 13.6. The summed E-state index contributed by atoms with van der Waals surface area (Å²) >= 11 is 0. The van der Waals surface area contributed by atoms with Crippen molar-refractivity contribution in [3.8, 4) is 11.1 Å². The summed E-state index contributed by atoms with van der Waals surface area (Å²) in [5.74, 6) is -2.34. The maximum atomic E-state index is 15.9. The highest BCUT2D eigenvalue weighted by Gasteiger charge is 2.31. The molecule has 47 heavy (non-hydrogen) atoms. The van der Waals surface area contributed by atoms with Crippen molar-refractivity contribution >= 4 is 11.9 Å². The third kappa shape index (κ3) is 8.16. The highest BCUT2D eigenvalue weighted by molar-refractivity contribution is 5.82. The molecule has 2 atom stereocenters. The number of likely N-dealkylation sites (tertiary alicyclic amines) is 1. The van der Waals surface area contributed by atoms with Gasteiger partial charge in [0.15, 0.2) is 0 Å². The molecule has 1 saturated heterocycles. The van der Waals surface area contributed by atoms with Crippen LogP contribution in [-0.4, -0.2) is 64.5 Å². The van der Waals surface area contributed by atoms with Crippen molar-refractivity contribution in [3.63, 3.8) is 0 Å². The molecule has 1 aromatic heterocycles. The number of carbonyl (C=O) groups is 2. The van der Waals surface area contributed by atoms with E-state index in [0.717, 1.165) is 58.7 Å². The fraction of sp³-hybridized carbons (Fsp3) is 0.514. The number of hydrogen-bond donors (Lipinski definition) is 2. The lowest BCUT2D eigenvalue weighted by Crippen LogP contribution is -2.52. The number of ether oxygens (including phenoxy) is 1. The molecular weight excluding hydrogens is 599 g/mol. The first kappa shape index (κ1) is 36.0. The third-order valence-electron chi connectivity index (χ3n) is 9.29. The summed E-state index contributed by atoms with van der Waals surface area (Å²) in [4.78, 5) is 42.1. The molecular formula is C37H49FN4O5. The van der Waals surface area contributed by atoms with E-state index in [9.17, 15) is 19.5 Å². The van der Waals surface area contributed by atoms with Gasteiger partial charge in [-0.1, -0.05) is 31.5 Å². The van der Waals surface area contributed by atoms with E-state index < -0.39 is 36.2 Å². The number of methoxy groups -OCH3 is 1. The maximum absolute atomic E-state index is 15.9. The zero-order chi connectivity index (χ0) is 34.7. The van der Waals surface area contributed by atoms with E-state index >= 15 is 4.39 Å². The van der Waals surface area contributed by atoms with Crippen LogP contribution in [-0.2, 0) is 20.7 Å². The number of benzene rings is 2. The van der Waals surface area contributed by atoms with E-state index in [4.69, 9.17) is 9.84 Å². The van der Waals surface area contributed by atoms with Crippen LogP contribution in [0.3, 0.4) is 0 Å². The van der Waals surface area contributed by atoms with E-state index in [1.54, 1.807) is 33.1 Å². The van der Waals surface area contributed by atoms with Gasteiger partial charge in [-0.3, -0.25) is 19.3 Å². The number of carboxylic acids is 1. The Labute approximate surface area is 277 Å². The summed E-state index contributed by atoms with van der Waals surface area (Å²) in [5.41, 5.74) is 6.89. The van der Waals surface area contributed by atoms with E-state index in [2.05, 4.69) is 22.3 Å². The van der Waals surface area contributed by atoms with Crippen LogP contribution in [0.4, 0.5) is 4.39 Å². The molecule has 1 amide bonds. The molecule has 1 fully saturated rings. The largest absolute Gasteiger partial charge is 0.481 e. The Kier molecular flexibility index (Phi) is 11.4. The minimum atomic E-state index is -1.19. The first-order valence-corrected chi connectivity index (χ1v) is 16.4. The molecule has 9 nitrogen and oxygen atoms in total. The molecule has 0 unspecified atom stereocenters. The molecule has 0 spiro atoms. The van der Waals surface area contributed by atoms with Gasteiger partial charge in [0.1, 0.15) is 11.9 Å². The van der Waals surface area contributed by atoms with Crippen molar-refractivity contribution in [2.24, 2.45) is 5.92 Å². The van der Waals surface area contributed by atoms with Gasteiger partial charge in [0.25, 0.3) is 5.56 Å². The number of aliphatic carboxylic acids is 1. The van der Waals surface area contributed by atoms with Gasteiger partial charge in [0.05, 0.1) is 24.3 Å². The van der Waals surface area contributed by atoms with Gasteiger partial charge in [-0.05, 0) is 99.4 Å². The molecule has 10 heteroatoms. The fourth-order valence-electron chi connectivity index (χ4n) is 6.64. The standard InChI is InChI=1S/C37H49FN4O5/c1-20(2)12-32(42-37(46)26(8)25(7)30(40-42)10-11-41-18-28(19-41)47-9)36(45)39-31(17-33(43)44)29-16-27(15-24(6)35(29)38)34-22(4)13-21(3)14-23(34)5/h13-16,20,28,31-32H,10-12,17-19H2,1-9H3,(H,39,45)(H,43,44)/t31-,32-/m0/s1. The lowest BCUT2D eigenvalue weighted by Gasteiger charge is -2.38. The van der Waals surface area contributed by atoms with Crippen molar-refractivity contribution in [1.82, 2.24) is 20.0 Å². The molecule has 1 aliphatic heterocycles. The van der Waals surface area contributed by atoms with Gasteiger partial charge in [-0.2, -0.15) is 5.10 Å². The molecule has 254 valence electrons. The number of carbonyl (C=O) groups excluding carboxylic acids is 1. The monoisotopic (exact) mass is 648 g/mol. The molecule has 2 N–H and O–H groups in total. The maximum Gasteiger partial charge on any atom is 0.305 e. The Balaban J connectivity index is 1.73. The molecule has 2 aromatic carbocycles. The topological polar surface area (TPSA) is 114 Å². The van der Waals surface area contributed by atoms with Crippen molar-refractivity contribution < 1.29 is 23.8 Å². The predicted molar refractivity (Wildman–Crippen MR) is 181 cm³/mol. The molecule has 1 aliphatic rings. The van der Waals surface area contributed by atoms with E-state index in [1.165, 1.54) is 4.68 Å². The van der Waals surface area contributed by atoms with Crippen molar-refractivity contribution in [3.05, 3.63) is 85.1 Å². The zero-order valence-corrected chi connectivity index (χ0v) is 29.2. The van der Waals surface area contributed by atoms with Crippen LogP contribution >= 0.6 is 0 Å². The van der Waals surface area contributed by atoms with Gasteiger partial charge < -0.3 is 15.2 Å². The molecule has 0 saturated carbocycles. The van der Waals surface area contributed by atoms with Crippen LogP contribution < -0.4 is 10.9 Å². The van der Waals surface area contributed by atoms with Crippen LogP contribution in [0.5, 0.6) is 0 Å². The Bertz CT molecular complexity index is 1690. The number of rotatable bonds is 13. The molecule has 3 aromatic rings. The molecule has 0 bridgehead atoms. The number of nitrogens with one attached hydrogen (secondary N) is 1. The lowest BCUT2D eigenvalue weighted by molar-refractivity contribution is -0.138. The average Bonchev–Trinajstić information content (AvgIpc) is 2.95. The summed E-state index contributed by atoms with van der Waals surface area (Å²) in [6.45, 7) is 17.5. The van der Waals surface area contributed by atoms with E-state index in [-0.39, 0.29) is 29.6 Å². The first-order chi connectivity index (χ1) is 22.1. The molecule has 0 radical (unpaired) electrons. The summed E-state index contributed by atoms with van der Waals surface area (Å²) in [6, 6.07) is 5.29. The van der Waals surface area contributed by atoms with Crippen molar-refractivity contribution in [2.75, 3.05) is 26.7 Å². The molecule has 4 rings (SSSR count). The van der Waals surface area contributed by atoms with Gasteiger partial charge >= 0.3 is 5.97 Å². The molecule has 2 heterocycles. The number of aromatic nitrogens is 2. The number of carboxylic acid groups (broad SMARTS) is 1.